The molecule has 4 rings (SSSR count). The molecule has 0 bridgehead atoms. The van der Waals surface area contributed by atoms with Crippen molar-refractivity contribution in [2.45, 2.75) is 25.0 Å². The summed E-state index contributed by atoms with van der Waals surface area (Å²) < 4.78 is 16.3. The Kier molecular flexibility index (Phi) is 5.92. The van der Waals surface area contributed by atoms with Gasteiger partial charge in [0.15, 0.2) is 11.0 Å². The summed E-state index contributed by atoms with van der Waals surface area (Å²) in [6.45, 7) is 2.87. The predicted octanol–water partition coefficient (Wildman–Crippen LogP) is 5.44. The molecule has 0 aliphatic heterocycles. The van der Waals surface area contributed by atoms with Crippen LogP contribution in [0.15, 0.2) is 59.1 Å². The van der Waals surface area contributed by atoms with E-state index in [1.807, 2.05) is 12.1 Å². The lowest BCUT2D eigenvalue weighted by atomic mass is 10.1. The Morgan fingerprint density at radius 1 is 1.17 bits per heavy atom. The minimum atomic E-state index is -0.335. The second-order valence-corrected chi connectivity index (χ2v) is 8.30. The summed E-state index contributed by atoms with van der Waals surface area (Å²) in [5, 5.41) is 15.5. The molecule has 1 amide bonds. The van der Waals surface area contributed by atoms with Gasteiger partial charge in [-0.3, -0.25) is 4.79 Å². The van der Waals surface area contributed by atoms with E-state index in [0.717, 1.165) is 29.7 Å². The topological polar surface area (TPSA) is 59.8 Å². The number of nitrogens with one attached hydrogen (secondary N) is 1. The first-order valence-corrected chi connectivity index (χ1v) is 11.1. The maximum atomic E-state index is 13.0. The summed E-state index contributed by atoms with van der Waals surface area (Å²) in [5.74, 6) is 0.517. The number of hydrogen-bond donors (Lipinski definition) is 1. The number of halogens is 1. The summed E-state index contributed by atoms with van der Waals surface area (Å²) in [6, 6.07) is 14.0. The van der Waals surface area contributed by atoms with E-state index >= 15 is 0 Å². The average molecular weight is 427 g/mol. The van der Waals surface area contributed by atoms with Crippen molar-refractivity contribution >= 4 is 44.8 Å². The normalized spacial score (nSPS) is 11.1. The fourth-order valence-corrected chi connectivity index (χ4v) is 4.74. The van der Waals surface area contributed by atoms with Crippen LogP contribution in [0.25, 0.3) is 21.5 Å². The van der Waals surface area contributed by atoms with Gasteiger partial charge in [0, 0.05) is 33.3 Å². The molecule has 0 aliphatic rings. The van der Waals surface area contributed by atoms with E-state index in [9.17, 15) is 9.18 Å². The number of carbonyl (C=O) groups is 1. The van der Waals surface area contributed by atoms with Gasteiger partial charge in [-0.1, -0.05) is 36.9 Å². The van der Waals surface area contributed by atoms with E-state index in [-0.39, 0.29) is 17.5 Å². The molecule has 8 heteroatoms. The number of carbonyl (C=O) groups excluding carboxylic acids is 1. The van der Waals surface area contributed by atoms with Crippen LogP contribution in [0.1, 0.15) is 13.3 Å². The van der Waals surface area contributed by atoms with Crippen molar-refractivity contribution in [1.29, 1.82) is 0 Å². The molecule has 0 unspecified atom stereocenters. The number of amides is 1. The third-order valence-electron chi connectivity index (χ3n) is 4.35. The first kappa shape index (κ1) is 19.6. The van der Waals surface area contributed by atoms with E-state index in [2.05, 4.69) is 44.5 Å². The van der Waals surface area contributed by atoms with Crippen molar-refractivity contribution in [3.63, 3.8) is 0 Å². The van der Waals surface area contributed by atoms with Crippen molar-refractivity contribution < 1.29 is 9.18 Å². The Labute approximate surface area is 176 Å². The van der Waals surface area contributed by atoms with Gasteiger partial charge < -0.3 is 9.88 Å². The van der Waals surface area contributed by atoms with Crippen molar-refractivity contribution in [2.75, 3.05) is 11.1 Å². The maximum absolute atomic E-state index is 13.0. The van der Waals surface area contributed by atoms with Gasteiger partial charge in [0.2, 0.25) is 5.91 Å². The highest BCUT2D eigenvalue weighted by molar-refractivity contribution is 7.99. The van der Waals surface area contributed by atoms with Gasteiger partial charge in [-0.05, 0) is 36.8 Å². The van der Waals surface area contributed by atoms with Crippen LogP contribution in [0.4, 0.5) is 10.1 Å². The molecule has 0 aliphatic carbocycles. The fraction of sp³-hybridized carbons (Fsp3) is 0.190. The molecule has 29 heavy (non-hydrogen) atoms. The first-order valence-electron chi connectivity index (χ1n) is 9.23. The number of thiophene rings is 1. The summed E-state index contributed by atoms with van der Waals surface area (Å²) in [4.78, 5) is 12.3. The van der Waals surface area contributed by atoms with Crippen LogP contribution in [0.2, 0.25) is 0 Å². The second kappa shape index (κ2) is 8.75. The molecule has 0 saturated heterocycles. The van der Waals surface area contributed by atoms with Crippen LogP contribution in [0.5, 0.6) is 0 Å². The Morgan fingerprint density at radius 3 is 2.76 bits per heavy atom. The zero-order chi connectivity index (χ0) is 20.2. The molecule has 0 spiro atoms. The van der Waals surface area contributed by atoms with Gasteiger partial charge in [-0.15, -0.1) is 21.5 Å². The van der Waals surface area contributed by atoms with Gasteiger partial charge in [0.1, 0.15) is 5.82 Å². The zero-order valence-electron chi connectivity index (χ0n) is 15.8. The van der Waals surface area contributed by atoms with Crippen LogP contribution < -0.4 is 5.32 Å². The molecule has 0 saturated carbocycles. The molecule has 2 aromatic carbocycles. The molecule has 0 radical (unpaired) electrons. The minimum Gasteiger partial charge on any atom is -0.325 e. The molecule has 2 aromatic heterocycles. The Balaban J connectivity index is 1.52. The van der Waals surface area contributed by atoms with Gasteiger partial charge in [-0.25, -0.2) is 4.39 Å². The Hall–Kier alpha value is -2.71. The van der Waals surface area contributed by atoms with Crippen LogP contribution in [-0.2, 0) is 11.3 Å². The van der Waals surface area contributed by atoms with Gasteiger partial charge in [0.05, 0.1) is 5.75 Å². The van der Waals surface area contributed by atoms with E-state index in [1.54, 1.807) is 11.3 Å². The number of nitrogens with zero attached hydrogens (tertiary/aromatic N) is 3. The van der Waals surface area contributed by atoms with Gasteiger partial charge in [-0.2, -0.15) is 0 Å². The zero-order valence-corrected chi connectivity index (χ0v) is 17.4. The minimum absolute atomic E-state index is 0.171. The van der Waals surface area contributed by atoms with Crippen LogP contribution in [-0.4, -0.2) is 26.4 Å². The second-order valence-electron chi connectivity index (χ2n) is 6.45. The lowest BCUT2D eigenvalue weighted by molar-refractivity contribution is -0.113. The lowest BCUT2D eigenvalue weighted by Crippen LogP contribution is -2.14. The highest BCUT2D eigenvalue weighted by Gasteiger charge is 2.18. The quantitative estimate of drug-likeness (QED) is 0.400. The Bertz CT molecular complexity index is 1140. The number of anilines is 1. The molecular formula is C21H19FN4OS2. The molecular weight excluding hydrogens is 407 g/mol. The van der Waals surface area contributed by atoms with E-state index in [4.69, 9.17) is 0 Å². The van der Waals surface area contributed by atoms with E-state index < -0.39 is 0 Å². The van der Waals surface area contributed by atoms with Crippen LogP contribution in [0, 0.1) is 5.82 Å². The summed E-state index contributed by atoms with van der Waals surface area (Å²) in [6.07, 6.45) is 0.933. The Morgan fingerprint density at radius 2 is 1.97 bits per heavy atom. The third-order valence-corrected chi connectivity index (χ3v) is 6.28. The number of hydrogen-bond acceptors (Lipinski definition) is 5. The monoisotopic (exact) mass is 426 g/mol. The summed E-state index contributed by atoms with van der Waals surface area (Å²) in [7, 11) is 0. The summed E-state index contributed by atoms with van der Waals surface area (Å²) >= 11 is 3.03. The lowest BCUT2D eigenvalue weighted by Gasteiger charge is -2.09. The smallest absolute Gasteiger partial charge is 0.234 e. The van der Waals surface area contributed by atoms with Crippen LogP contribution in [0.3, 0.4) is 0 Å². The fourth-order valence-electron chi connectivity index (χ4n) is 3.03. The molecule has 5 nitrogen and oxygen atoms in total. The van der Waals surface area contributed by atoms with Crippen molar-refractivity contribution in [1.82, 2.24) is 14.8 Å². The highest BCUT2D eigenvalue weighted by atomic mass is 32.2. The summed E-state index contributed by atoms with van der Waals surface area (Å²) in [5.41, 5.74) is 1.63. The van der Waals surface area contributed by atoms with E-state index in [0.29, 0.717) is 10.8 Å². The third kappa shape index (κ3) is 4.33. The largest absolute Gasteiger partial charge is 0.325 e. The number of benzene rings is 2. The first-order chi connectivity index (χ1) is 14.2. The highest BCUT2D eigenvalue weighted by Crippen LogP contribution is 2.34. The number of rotatable bonds is 7. The molecule has 2 heterocycles. The SMILES string of the molecule is CCCn1c(SCC(=O)Nc2ccc(F)cc2)nnc1-c1csc2ccccc12. The maximum Gasteiger partial charge on any atom is 0.234 e. The molecule has 0 atom stereocenters. The van der Waals surface area contributed by atoms with Gasteiger partial charge in [0.25, 0.3) is 0 Å². The molecule has 0 fully saturated rings. The molecule has 148 valence electrons. The standard InChI is InChI=1S/C21H19FN4OS2/c1-2-11-26-20(17-12-28-18-6-4-3-5-16(17)18)24-25-21(26)29-13-19(27)23-15-9-7-14(22)8-10-15/h3-10,12H,2,11,13H2,1H3,(H,23,27). The van der Waals surface area contributed by atoms with Crippen molar-refractivity contribution in [3.8, 4) is 11.4 Å². The molecule has 4 aromatic rings. The molecule has 1 N–H and O–H groups in total. The number of fused-ring (bicyclic) bond motifs is 1. The number of aromatic nitrogens is 3. The average Bonchev–Trinajstić information content (AvgIpc) is 3.32. The van der Waals surface area contributed by atoms with E-state index in [1.165, 1.54) is 40.7 Å². The van der Waals surface area contributed by atoms with Gasteiger partial charge >= 0.3 is 0 Å². The van der Waals surface area contributed by atoms with Crippen molar-refractivity contribution in [3.05, 3.63) is 59.7 Å². The number of thioether (sulfide) groups is 1. The van der Waals surface area contributed by atoms with Crippen LogP contribution >= 0.6 is 23.1 Å². The van der Waals surface area contributed by atoms with Crippen molar-refractivity contribution in [2.24, 2.45) is 0 Å². The predicted molar refractivity (Wildman–Crippen MR) is 117 cm³/mol.